The normalized spacial score (nSPS) is 15.8. The van der Waals surface area contributed by atoms with Crippen molar-refractivity contribution in [2.45, 2.75) is 18.9 Å². The molecule has 1 fully saturated rings. The molecule has 0 unspecified atom stereocenters. The van der Waals surface area contributed by atoms with E-state index in [9.17, 15) is 8.42 Å². The smallest absolute Gasteiger partial charge is 0.233 e. The quantitative estimate of drug-likeness (QED) is 0.853. The summed E-state index contributed by atoms with van der Waals surface area (Å²) in [5.41, 5.74) is 3.24. The Morgan fingerprint density at radius 3 is 3.00 bits per heavy atom. The minimum absolute atomic E-state index is 0.101. The molecule has 1 aliphatic carbocycles. The van der Waals surface area contributed by atoms with Crippen molar-refractivity contribution < 1.29 is 8.42 Å². The van der Waals surface area contributed by atoms with E-state index < -0.39 is 10.0 Å². The number of fused-ring (bicyclic) bond motifs is 1. The standard InChI is InChI=1S/C12H15N3O2S2/c16-19(17,6-5-13-9-1-2-9)15-10-3-4-11-12(7-10)18-8-14-11/h3-4,7-9,13,15H,1-2,5-6H2. The molecule has 19 heavy (non-hydrogen) atoms. The van der Waals surface area contributed by atoms with Gasteiger partial charge >= 0.3 is 0 Å². The molecule has 3 rings (SSSR count). The molecule has 0 saturated heterocycles. The molecule has 1 saturated carbocycles. The largest absolute Gasteiger partial charge is 0.313 e. The molecule has 1 aromatic heterocycles. The number of hydrogen-bond donors (Lipinski definition) is 2. The third-order valence-corrected chi connectivity index (χ3v) is 5.07. The lowest BCUT2D eigenvalue weighted by atomic mass is 10.3. The van der Waals surface area contributed by atoms with Crippen molar-refractivity contribution in [1.29, 1.82) is 0 Å². The zero-order valence-corrected chi connectivity index (χ0v) is 11.9. The van der Waals surface area contributed by atoms with Crippen LogP contribution in [0.25, 0.3) is 10.2 Å². The van der Waals surface area contributed by atoms with E-state index in [1.54, 1.807) is 11.6 Å². The zero-order chi connectivity index (χ0) is 13.3. The molecule has 2 aromatic rings. The van der Waals surface area contributed by atoms with Crippen molar-refractivity contribution in [3.8, 4) is 0 Å². The second-order valence-corrected chi connectivity index (χ2v) is 7.41. The monoisotopic (exact) mass is 297 g/mol. The van der Waals surface area contributed by atoms with Crippen LogP contribution in [0.3, 0.4) is 0 Å². The third-order valence-electron chi connectivity index (χ3n) is 2.99. The average molecular weight is 297 g/mol. The van der Waals surface area contributed by atoms with Crippen LogP contribution >= 0.6 is 11.3 Å². The Morgan fingerprint density at radius 2 is 2.21 bits per heavy atom. The Balaban J connectivity index is 1.64. The zero-order valence-electron chi connectivity index (χ0n) is 10.3. The minimum atomic E-state index is -3.28. The van der Waals surface area contributed by atoms with Gasteiger partial charge in [-0.25, -0.2) is 13.4 Å². The van der Waals surface area contributed by atoms with Crippen molar-refractivity contribution in [1.82, 2.24) is 10.3 Å². The van der Waals surface area contributed by atoms with Gasteiger partial charge in [-0.3, -0.25) is 4.72 Å². The van der Waals surface area contributed by atoms with E-state index in [0.717, 1.165) is 23.1 Å². The van der Waals surface area contributed by atoms with Crippen molar-refractivity contribution in [2.75, 3.05) is 17.0 Å². The Morgan fingerprint density at radius 1 is 1.37 bits per heavy atom. The number of nitrogens with zero attached hydrogens (tertiary/aromatic N) is 1. The number of thiazole rings is 1. The number of rotatable bonds is 6. The molecule has 2 N–H and O–H groups in total. The van der Waals surface area contributed by atoms with E-state index in [0.29, 0.717) is 18.3 Å². The van der Waals surface area contributed by atoms with Gasteiger partial charge in [-0.1, -0.05) is 0 Å². The number of aromatic nitrogens is 1. The van der Waals surface area contributed by atoms with Gasteiger partial charge in [0.25, 0.3) is 0 Å². The summed E-state index contributed by atoms with van der Waals surface area (Å²) >= 11 is 1.50. The molecule has 0 bridgehead atoms. The minimum Gasteiger partial charge on any atom is -0.313 e. The Labute approximate surface area is 116 Å². The van der Waals surface area contributed by atoms with Crippen LogP contribution in [0.5, 0.6) is 0 Å². The first kappa shape index (κ1) is 12.8. The SMILES string of the molecule is O=S(=O)(CCNC1CC1)Nc1ccc2ncsc2c1. The van der Waals surface area contributed by atoms with E-state index >= 15 is 0 Å². The van der Waals surface area contributed by atoms with E-state index in [1.807, 2.05) is 12.1 Å². The fourth-order valence-corrected chi connectivity index (χ4v) is 3.53. The summed E-state index contributed by atoms with van der Waals surface area (Å²) in [7, 11) is -3.28. The number of nitrogens with one attached hydrogen (secondary N) is 2. The second kappa shape index (κ2) is 5.07. The summed E-state index contributed by atoms with van der Waals surface area (Å²) in [6.07, 6.45) is 2.32. The molecule has 0 atom stereocenters. The van der Waals surface area contributed by atoms with Crippen molar-refractivity contribution in [3.05, 3.63) is 23.7 Å². The molecule has 0 radical (unpaired) electrons. The molecular weight excluding hydrogens is 282 g/mol. The van der Waals surface area contributed by atoms with E-state index in [1.165, 1.54) is 11.3 Å². The van der Waals surface area contributed by atoms with E-state index in [2.05, 4.69) is 15.0 Å². The van der Waals surface area contributed by atoms with Gasteiger partial charge in [-0.15, -0.1) is 11.3 Å². The lowest BCUT2D eigenvalue weighted by Crippen LogP contribution is -2.27. The van der Waals surface area contributed by atoms with E-state index in [4.69, 9.17) is 0 Å². The molecule has 1 aromatic carbocycles. The van der Waals surface area contributed by atoms with E-state index in [-0.39, 0.29) is 5.75 Å². The van der Waals surface area contributed by atoms with Crippen molar-refractivity contribution >= 4 is 37.3 Å². The topological polar surface area (TPSA) is 71.1 Å². The van der Waals surface area contributed by atoms with Crippen LogP contribution in [-0.4, -0.2) is 31.7 Å². The summed E-state index contributed by atoms with van der Waals surface area (Å²) in [6, 6.07) is 5.92. The highest BCUT2D eigenvalue weighted by atomic mass is 32.2. The second-order valence-electron chi connectivity index (χ2n) is 4.68. The summed E-state index contributed by atoms with van der Waals surface area (Å²) in [6.45, 7) is 0.503. The summed E-state index contributed by atoms with van der Waals surface area (Å²) in [5, 5.41) is 3.20. The van der Waals surface area contributed by atoms with Crippen LogP contribution in [0.15, 0.2) is 23.7 Å². The average Bonchev–Trinajstić information content (AvgIpc) is 3.05. The van der Waals surface area contributed by atoms with Crippen LogP contribution in [0.2, 0.25) is 0 Å². The van der Waals surface area contributed by atoms with Gasteiger partial charge in [0.05, 0.1) is 27.2 Å². The van der Waals surface area contributed by atoms with Gasteiger partial charge in [0, 0.05) is 12.6 Å². The lowest BCUT2D eigenvalue weighted by Gasteiger charge is -2.08. The first-order chi connectivity index (χ1) is 9.12. The van der Waals surface area contributed by atoms with Gasteiger partial charge in [0.2, 0.25) is 10.0 Å². The fraction of sp³-hybridized carbons (Fsp3) is 0.417. The highest BCUT2D eigenvalue weighted by Gasteiger charge is 2.21. The van der Waals surface area contributed by atoms with Crippen LogP contribution in [0.4, 0.5) is 5.69 Å². The van der Waals surface area contributed by atoms with Crippen LogP contribution in [0.1, 0.15) is 12.8 Å². The Kier molecular flexibility index (Phi) is 3.42. The highest BCUT2D eigenvalue weighted by Crippen LogP contribution is 2.22. The Hall–Kier alpha value is -1.18. The number of hydrogen-bond acceptors (Lipinski definition) is 5. The highest BCUT2D eigenvalue weighted by molar-refractivity contribution is 7.92. The molecule has 1 aliphatic rings. The van der Waals surface area contributed by atoms with Crippen LogP contribution in [0, 0.1) is 0 Å². The lowest BCUT2D eigenvalue weighted by molar-refractivity contribution is 0.595. The maximum Gasteiger partial charge on any atom is 0.233 e. The summed E-state index contributed by atoms with van der Waals surface area (Å²) < 4.78 is 27.4. The van der Waals surface area contributed by atoms with Gasteiger partial charge in [0.15, 0.2) is 0 Å². The molecule has 0 aliphatic heterocycles. The number of benzene rings is 1. The first-order valence-corrected chi connectivity index (χ1v) is 8.73. The molecule has 1 heterocycles. The maximum atomic E-state index is 11.9. The molecular formula is C12H15N3O2S2. The van der Waals surface area contributed by atoms with Gasteiger partial charge in [-0.2, -0.15) is 0 Å². The van der Waals surface area contributed by atoms with Gasteiger partial charge in [-0.05, 0) is 31.0 Å². The van der Waals surface area contributed by atoms with Crippen molar-refractivity contribution in [3.63, 3.8) is 0 Å². The molecule has 5 nitrogen and oxygen atoms in total. The number of sulfonamides is 1. The predicted octanol–water partition coefficient (Wildman–Crippen LogP) is 1.79. The predicted molar refractivity (Wildman–Crippen MR) is 78.1 cm³/mol. The first-order valence-electron chi connectivity index (χ1n) is 6.19. The van der Waals surface area contributed by atoms with Gasteiger partial charge < -0.3 is 5.32 Å². The van der Waals surface area contributed by atoms with Crippen LogP contribution < -0.4 is 10.0 Å². The molecule has 102 valence electrons. The van der Waals surface area contributed by atoms with Gasteiger partial charge in [0.1, 0.15) is 0 Å². The summed E-state index contributed by atoms with van der Waals surface area (Å²) in [5.74, 6) is 0.101. The number of anilines is 1. The molecule has 7 heteroatoms. The van der Waals surface area contributed by atoms with Crippen LogP contribution in [-0.2, 0) is 10.0 Å². The van der Waals surface area contributed by atoms with Crippen molar-refractivity contribution in [2.24, 2.45) is 0 Å². The maximum absolute atomic E-state index is 11.9. The molecule has 0 amide bonds. The summed E-state index contributed by atoms with van der Waals surface area (Å²) in [4.78, 5) is 4.16. The fourth-order valence-electron chi connectivity index (χ4n) is 1.83. The molecule has 0 spiro atoms. The third kappa shape index (κ3) is 3.43. The Bertz CT molecular complexity index is 677.